The van der Waals surface area contributed by atoms with Crippen LogP contribution >= 0.6 is 0 Å². The highest BCUT2D eigenvalue weighted by atomic mass is 16.2. The first kappa shape index (κ1) is 15.1. The van der Waals surface area contributed by atoms with Gasteiger partial charge in [-0.25, -0.2) is 0 Å². The lowest BCUT2D eigenvalue weighted by Crippen LogP contribution is -2.41. The molecule has 0 saturated heterocycles. The number of carbonyl (C=O) groups is 2. The number of rotatable bonds is 5. The van der Waals surface area contributed by atoms with Crippen LogP contribution in [0.2, 0.25) is 0 Å². The Labute approximate surface area is 99.0 Å². The molecule has 0 aromatic carbocycles. The highest BCUT2D eigenvalue weighted by molar-refractivity contribution is 5.87. The summed E-state index contributed by atoms with van der Waals surface area (Å²) >= 11 is 0. The summed E-state index contributed by atoms with van der Waals surface area (Å²) in [5.41, 5.74) is -0.0384. The summed E-state index contributed by atoms with van der Waals surface area (Å²) < 4.78 is 0. The van der Waals surface area contributed by atoms with E-state index in [-0.39, 0.29) is 23.1 Å². The van der Waals surface area contributed by atoms with Crippen molar-refractivity contribution < 1.29 is 9.59 Å². The Hall–Kier alpha value is -0.860. The summed E-state index contributed by atoms with van der Waals surface area (Å²) in [6.07, 6.45) is 1.17. The second kappa shape index (κ2) is 6.02. The normalized spacial score (nSPS) is 13.7. The van der Waals surface area contributed by atoms with Gasteiger partial charge in [0.1, 0.15) is 0 Å². The number of amides is 1. The molecule has 0 saturated carbocycles. The molecule has 0 radical (unpaired) electrons. The monoisotopic (exact) mass is 227 g/mol. The molecule has 0 aliphatic carbocycles. The van der Waals surface area contributed by atoms with Crippen molar-refractivity contribution in [2.45, 2.75) is 60.4 Å². The molecule has 0 fully saturated rings. The van der Waals surface area contributed by atoms with Crippen LogP contribution in [-0.4, -0.2) is 17.7 Å². The number of carbonyl (C=O) groups excluding carboxylic acids is 2. The Kier molecular flexibility index (Phi) is 5.70. The number of ketones is 1. The Morgan fingerprint density at radius 2 is 1.69 bits per heavy atom. The molecule has 0 heterocycles. The van der Waals surface area contributed by atoms with Crippen molar-refractivity contribution >= 4 is 11.7 Å². The summed E-state index contributed by atoms with van der Waals surface area (Å²) in [5.74, 6) is 0.410. The summed E-state index contributed by atoms with van der Waals surface area (Å²) in [6.45, 7) is 11.7. The van der Waals surface area contributed by atoms with Crippen LogP contribution in [0.4, 0.5) is 0 Å². The zero-order valence-corrected chi connectivity index (χ0v) is 11.4. The molecule has 1 amide bonds. The van der Waals surface area contributed by atoms with Gasteiger partial charge in [-0.15, -0.1) is 0 Å². The van der Waals surface area contributed by atoms with Crippen molar-refractivity contribution in [3.63, 3.8) is 0 Å². The van der Waals surface area contributed by atoms with Crippen LogP contribution in [0.3, 0.4) is 0 Å². The van der Waals surface area contributed by atoms with Crippen LogP contribution in [-0.2, 0) is 9.59 Å². The second-order valence-electron chi connectivity index (χ2n) is 6.10. The molecule has 1 atom stereocenters. The predicted molar refractivity (Wildman–Crippen MR) is 66.1 cm³/mol. The highest BCUT2D eigenvalue weighted by Gasteiger charge is 2.21. The number of hydrogen-bond acceptors (Lipinski definition) is 2. The summed E-state index contributed by atoms with van der Waals surface area (Å²) in [6, 6.07) is -0.324. The highest BCUT2D eigenvalue weighted by Crippen LogP contribution is 2.18. The molecule has 3 heteroatoms. The molecular formula is C13H25NO2. The van der Waals surface area contributed by atoms with Gasteiger partial charge in [0.05, 0.1) is 6.04 Å². The SMILES string of the molecule is CC(=O)[C@H](CC(C)C)NC(=O)CC(C)(C)C. The van der Waals surface area contributed by atoms with Crippen molar-refractivity contribution in [2.75, 3.05) is 0 Å². The average Bonchev–Trinajstić information content (AvgIpc) is 1.97. The summed E-state index contributed by atoms with van der Waals surface area (Å²) in [5, 5.41) is 2.82. The van der Waals surface area contributed by atoms with Gasteiger partial charge in [-0.1, -0.05) is 34.6 Å². The maximum atomic E-state index is 11.7. The van der Waals surface area contributed by atoms with E-state index in [2.05, 4.69) is 5.32 Å². The molecule has 94 valence electrons. The minimum Gasteiger partial charge on any atom is -0.346 e. The van der Waals surface area contributed by atoms with Gasteiger partial charge in [-0.05, 0) is 24.7 Å². The first-order chi connectivity index (χ1) is 7.11. The van der Waals surface area contributed by atoms with Crippen LogP contribution in [0, 0.1) is 11.3 Å². The molecule has 0 aliphatic rings. The van der Waals surface area contributed by atoms with Gasteiger partial charge >= 0.3 is 0 Å². The fraction of sp³-hybridized carbons (Fsp3) is 0.846. The maximum absolute atomic E-state index is 11.7. The molecule has 0 aromatic heterocycles. The first-order valence-corrected chi connectivity index (χ1v) is 5.91. The molecule has 3 nitrogen and oxygen atoms in total. The summed E-state index contributed by atoms with van der Waals surface area (Å²) in [7, 11) is 0. The van der Waals surface area contributed by atoms with Crippen LogP contribution in [0.25, 0.3) is 0 Å². The van der Waals surface area contributed by atoms with E-state index in [0.717, 1.165) is 0 Å². The second-order valence-corrected chi connectivity index (χ2v) is 6.10. The van der Waals surface area contributed by atoms with E-state index in [0.29, 0.717) is 18.8 Å². The Morgan fingerprint density at radius 1 is 1.19 bits per heavy atom. The van der Waals surface area contributed by atoms with Gasteiger partial charge in [0.2, 0.25) is 5.91 Å². The lowest BCUT2D eigenvalue weighted by Gasteiger charge is -2.22. The van der Waals surface area contributed by atoms with E-state index >= 15 is 0 Å². The molecule has 0 unspecified atom stereocenters. The van der Waals surface area contributed by atoms with E-state index in [9.17, 15) is 9.59 Å². The van der Waals surface area contributed by atoms with E-state index < -0.39 is 0 Å². The minimum atomic E-state index is -0.324. The molecule has 16 heavy (non-hydrogen) atoms. The third-order valence-corrected chi connectivity index (χ3v) is 2.22. The third-order valence-electron chi connectivity index (χ3n) is 2.22. The van der Waals surface area contributed by atoms with Gasteiger partial charge in [-0.3, -0.25) is 9.59 Å². The zero-order chi connectivity index (χ0) is 12.9. The van der Waals surface area contributed by atoms with Gasteiger partial charge in [0.25, 0.3) is 0 Å². The Bertz CT molecular complexity index is 251. The maximum Gasteiger partial charge on any atom is 0.221 e. The van der Waals surface area contributed by atoms with Crippen molar-refractivity contribution in [2.24, 2.45) is 11.3 Å². The standard InChI is InChI=1S/C13H25NO2/c1-9(2)7-11(10(3)15)14-12(16)8-13(4,5)6/h9,11H,7-8H2,1-6H3,(H,14,16)/t11-/m0/s1. The van der Waals surface area contributed by atoms with Gasteiger partial charge in [0, 0.05) is 6.42 Å². The number of nitrogens with one attached hydrogen (secondary N) is 1. The van der Waals surface area contributed by atoms with E-state index in [4.69, 9.17) is 0 Å². The topological polar surface area (TPSA) is 46.2 Å². The van der Waals surface area contributed by atoms with E-state index in [1.54, 1.807) is 0 Å². The molecule has 0 rings (SSSR count). The number of Topliss-reactive ketones (excluding diaryl/α,β-unsaturated/α-hetero) is 1. The Morgan fingerprint density at radius 3 is 2.00 bits per heavy atom. The smallest absolute Gasteiger partial charge is 0.221 e. The van der Waals surface area contributed by atoms with Gasteiger partial charge in [0.15, 0.2) is 5.78 Å². The lowest BCUT2D eigenvalue weighted by atomic mass is 9.91. The predicted octanol–water partition coefficient (Wildman–Crippen LogP) is 2.54. The van der Waals surface area contributed by atoms with Crippen LogP contribution < -0.4 is 5.32 Å². The fourth-order valence-electron chi connectivity index (χ4n) is 1.52. The van der Waals surface area contributed by atoms with Crippen molar-refractivity contribution in [1.82, 2.24) is 5.32 Å². The van der Waals surface area contributed by atoms with Crippen molar-refractivity contribution in [3.8, 4) is 0 Å². The molecule has 0 spiro atoms. The van der Waals surface area contributed by atoms with E-state index in [1.165, 1.54) is 6.92 Å². The average molecular weight is 227 g/mol. The quantitative estimate of drug-likeness (QED) is 0.784. The molecule has 0 bridgehead atoms. The summed E-state index contributed by atoms with van der Waals surface area (Å²) in [4.78, 5) is 23.1. The fourth-order valence-corrected chi connectivity index (χ4v) is 1.52. The molecular weight excluding hydrogens is 202 g/mol. The van der Waals surface area contributed by atoms with Crippen molar-refractivity contribution in [1.29, 1.82) is 0 Å². The lowest BCUT2D eigenvalue weighted by molar-refractivity contribution is -0.128. The first-order valence-electron chi connectivity index (χ1n) is 5.91. The molecule has 0 aliphatic heterocycles. The van der Waals surface area contributed by atoms with Crippen LogP contribution in [0.15, 0.2) is 0 Å². The zero-order valence-electron chi connectivity index (χ0n) is 11.4. The van der Waals surface area contributed by atoms with Gasteiger partial charge < -0.3 is 5.32 Å². The minimum absolute atomic E-state index is 0.0339. The third kappa shape index (κ3) is 7.43. The molecule has 1 N–H and O–H groups in total. The van der Waals surface area contributed by atoms with E-state index in [1.807, 2.05) is 34.6 Å². The van der Waals surface area contributed by atoms with Gasteiger partial charge in [-0.2, -0.15) is 0 Å². The van der Waals surface area contributed by atoms with Crippen LogP contribution in [0.5, 0.6) is 0 Å². The molecule has 0 aromatic rings. The number of hydrogen-bond donors (Lipinski definition) is 1. The van der Waals surface area contributed by atoms with Crippen LogP contribution in [0.1, 0.15) is 54.4 Å². The Balaban J connectivity index is 4.30. The van der Waals surface area contributed by atoms with Crippen molar-refractivity contribution in [3.05, 3.63) is 0 Å². The largest absolute Gasteiger partial charge is 0.346 e.